The molecule has 3 heteroatoms. The zero-order chi connectivity index (χ0) is 5.98. The van der Waals surface area contributed by atoms with Crippen LogP contribution in [0.1, 0.15) is 12.8 Å². The van der Waals surface area contributed by atoms with Crippen molar-refractivity contribution >= 4 is 11.8 Å². The molecule has 0 amide bonds. The Labute approximate surface area is 54.0 Å². The third-order valence-electron chi connectivity index (χ3n) is 1.31. The number of halogens is 1. The Morgan fingerprint density at radius 2 is 2.50 bits per heavy atom. The monoisotopic (exact) mass is 130 g/mol. The lowest BCUT2D eigenvalue weighted by Gasteiger charge is -2.01. The number of nitrogens with zero attached hydrogens (tertiary/aromatic N) is 2. The van der Waals surface area contributed by atoms with Gasteiger partial charge in [0, 0.05) is 13.0 Å². The fraction of sp³-hybridized carbons (Fsp3) is 0.800. The van der Waals surface area contributed by atoms with E-state index in [0.29, 0.717) is 0 Å². The predicted octanol–water partition coefficient (Wildman–Crippen LogP) is 1.48. The minimum Gasteiger partial charge on any atom is -0.295 e. The van der Waals surface area contributed by atoms with E-state index in [4.69, 9.17) is 18.3 Å². The van der Waals surface area contributed by atoms with E-state index in [1.165, 1.54) is 0 Å². The fourth-order valence-electron chi connectivity index (χ4n) is 0.841. The second-order valence-corrected chi connectivity index (χ2v) is 2.31. The van der Waals surface area contributed by atoms with Crippen LogP contribution >= 0.6 is 11.8 Å². The topological polar surface area (TPSA) is 7.60 Å². The summed E-state index contributed by atoms with van der Waals surface area (Å²) in [6.07, 6.45) is 1.96. The molecule has 0 aromatic rings. The van der Waals surface area contributed by atoms with Crippen molar-refractivity contribution in [1.82, 2.24) is 4.42 Å². The summed E-state index contributed by atoms with van der Waals surface area (Å²) in [7, 11) is 0. The van der Waals surface area contributed by atoms with Crippen molar-refractivity contribution in [2.24, 2.45) is 0 Å². The maximum atomic E-state index is 6.63. The Balaban J connectivity index is 2.45. The highest BCUT2D eigenvalue weighted by molar-refractivity contribution is 6.13. The van der Waals surface area contributed by atoms with Gasteiger partial charge in [-0.2, -0.15) is 0 Å². The summed E-state index contributed by atoms with van der Waals surface area (Å²) in [6.45, 7) is 7.50. The molecule has 1 aliphatic heterocycles. The first-order valence-corrected chi connectivity index (χ1v) is 2.97. The average Bonchev–Trinajstić information content (AvgIpc) is 2.14. The van der Waals surface area contributed by atoms with Gasteiger partial charge in [0.05, 0.1) is 0 Å². The molecule has 0 unspecified atom stereocenters. The van der Waals surface area contributed by atoms with Crippen LogP contribution < -0.4 is 0 Å². The second kappa shape index (κ2) is 2.34. The van der Waals surface area contributed by atoms with Crippen LogP contribution in [0, 0.1) is 6.57 Å². The number of hydrogen-bond donors (Lipinski definition) is 0. The maximum Gasteiger partial charge on any atom is 0.292 e. The van der Waals surface area contributed by atoms with Crippen LogP contribution in [-0.2, 0) is 0 Å². The molecule has 0 aromatic carbocycles. The highest BCUT2D eigenvalue weighted by Gasteiger charge is 2.26. The van der Waals surface area contributed by atoms with Gasteiger partial charge in [-0.1, -0.05) is 0 Å². The molecule has 1 aliphatic rings. The molecule has 0 bridgehead atoms. The molecule has 44 valence electrons. The van der Waals surface area contributed by atoms with Gasteiger partial charge in [0.2, 0.25) is 0 Å². The molecular weight excluding hydrogens is 124 g/mol. The molecule has 0 aliphatic carbocycles. The Hall–Kier alpha value is -0.260. The first kappa shape index (κ1) is 5.87. The molecule has 1 atom stereocenters. The van der Waals surface area contributed by atoms with E-state index in [2.05, 4.69) is 4.85 Å². The molecule has 1 rings (SSSR count). The number of rotatable bonds is 0. The van der Waals surface area contributed by atoms with Crippen LogP contribution in [-0.4, -0.2) is 17.1 Å². The molecule has 1 fully saturated rings. The fourth-order valence-corrected chi connectivity index (χ4v) is 1.10. The van der Waals surface area contributed by atoms with E-state index in [1.807, 2.05) is 0 Å². The van der Waals surface area contributed by atoms with Gasteiger partial charge in [0.25, 0.3) is 6.17 Å². The third kappa shape index (κ3) is 0.936. The van der Waals surface area contributed by atoms with E-state index < -0.39 is 0 Å². The molecule has 0 radical (unpaired) electrons. The van der Waals surface area contributed by atoms with Crippen LogP contribution in [0.5, 0.6) is 0 Å². The van der Waals surface area contributed by atoms with Gasteiger partial charge >= 0.3 is 0 Å². The lowest BCUT2D eigenvalue weighted by Crippen LogP contribution is -2.14. The zero-order valence-electron chi connectivity index (χ0n) is 4.47. The smallest absolute Gasteiger partial charge is 0.292 e. The van der Waals surface area contributed by atoms with Gasteiger partial charge in [0.15, 0.2) is 0 Å². The van der Waals surface area contributed by atoms with Crippen LogP contribution in [0.4, 0.5) is 0 Å². The standard InChI is InChI=1S/C5H7ClN2/c1-7-5-3-2-4-8(5)6/h5H,2-4H2/t5-/m0/s1. The zero-order valence-corrected chi connectivity index (χ0v) is 5.23. The Kier molecular flexibility index (Phi) is 1.72. The lowest BCUT2D eigenvalue weighted by molar-refractivity contribution is 0.485. The van der Waals surface area contributed by atoms with E-state index in [-0.39, 0.29) is 6.17 Å². The van der Waals surface area contributed by atoms with Gasteiger partial charge in [-0.05, 0) is 18.2 Å². The first-order valence-electron chi connectivity index (χ1n) is 2.63. The second-order valence-electron chi connectivity index (χ2n) is 1.88. The minimum atomic E-state index is -0.0448. The Bertz CT molecular complexity index is 118. The lowest BCUT2D eigenvalue weighted by atomic mass is 10.3. The minimum absolute atomic E-state index is 0.0448. The molecule has 1 heterocycles. The molecular formula is C5H7ClN2. The Morgan fingerprint density at radius 3 is 2.75 bits per heavy atom. The van der Waals surface area contributed by atoms with Gasteiger partial charge in [-0.3, -0.25) is 4.85 Å². The van der Waals surface area contributed by atoms with E-state index in [0.717, 1.165) is 19.4 Å². The quantitative estimate of drug-likeness (QED) is 0.356. The van der Waals surface area contributed by atoms with Crippen LogP contribution in [0.25, 0.3) is 4.85 Å². The predicted molar refractivity (Wildman–Crippen MR) is 32.2 cm³/mol. The first-order chi connectivity index (χ1) is 3.84. The van der Waals surface area contributed by atoms with Crippen molar-refractivity contribution in [2.75, 3.05) is 6.54 Å². The molecule has 0 saturated carbocycles. The molecule has 0 spiro atoms. The summed E-state index contributed by atoms with van der Waals surface area (Å²) in [6, 6.07) is 0. The summed E-state index contributed by atoms with van der Waals surface area (Å²) >= 11 is 5.60. The average molecular weight is 131 g/mol. The third-order valence-corrected chi connectivity index (χ3v) is 1.70. The van der Waals surface area contributed by atoms with Crippen molar-refractivity contribution in [3.05, 3.63) is 11.4 Å². The van der Waals surface area contributed by atoms with Gasteiger partial charge in [-0.15, -0.1) is 4.42 Å². The highest BCUT2D eigenvalue weighted by atomic mass is 35.5. The summed E-state index contributed by atoms with van der Waals surface area (Å²) < 4.78 is 1.58. The molecule has 1 saturated heterocycles. The van der Waals surface area contributed by atoms with Gasteiger partial charge in [0.1, 0.15) is 0 Å². The van der Waals surface area contributed by atoms with Gasteiger partial charge in [-0.25, -0.2) is 6.57 Å². The maximum absolute atomic E-state index is 6.63. The summed E-state index contributed by atoms with van der Waals surface area (Å²) in [5.74, 6) is 0. The van der Waals surface area contributed by atoms with Crippen molar-refractivity contribution in [2.45, 2.75) is 19.0 Å². The van der Waals surface area contributed by atoms with Crippen molar-refractivity contribution in [3.8, 4) is 0 Å². The van der Waals surface area contributed by atoms with Crippen molar-refractivity contribution in [3.63, 3.8) is 0 Å². The van der Waals surface area contributed by atoms with E-state index >= 15 is 0 Å². The largest absolute Gasteiger partial charge is 0.295 e. The van der Waals surface area contributed by atoms with Crippen LogP contribution in [0.2, 0.25) is 0 Å². The normalized spacial score (nSPS) is 30.2. The van der Waals surface area contributed by atoms with E-state index in [9.17, 15) is 0 Å². The molecule has 0 aromatic heterocycles. The SMILES string of the molecule is [C-]#[N+][C@@H]1CCCN1Cl. The van der Waals surface area contributed by atoms with Crippen molar-refractivity contribution in [1.29, 1.82) is 0 Å². The Morgan fingerprint density at radius 1 is 1.75 bits per heavy atom. The summed E-state index contributed by atoms with van der Waals surface area (Å²) in [4.78, 5) is 3.31. The van der Waals surface area contributed by atoms with Gasteiger partial charge < -0.3 is 0 Å². The highest BCUT2D eigenvalue weighted by Crippen LogP contribution is 2.19. The number of hydrogen-bond acceptors (Lipinski definition) is 1. The molecule has 2 nitrogen and oxygen atoms in total. The molecule has 0 N–H and O–H groups in total. The van der Waals surface area contributed by atoms with Crippen LogP contribution in [0.3, 0.4) is 0 Å². The van der Waals surface area contributed by atoms with Crippen LogP contribution in [0.15, 0.2) is 0 Å². The summed E-state index contributed by atoms with van der Waals surface area (Å²) in [5, 5.41) is 0. The molecule has 8 heavy (non-hydrogen) atoms. The van der Waals surface area contributed by atoms with Crippen molar-refractivity contribution < 1.29 is 0 Å². The summed E-state index contributed by atoms with van der Waals surface area (Å²) in [5.41, 5.74) is 0. The van der Waals surface area contributed by atoms with E-state index in [1.54, 1.807) is 4.42 Å².